The number of thiazole rings is 1. The fraction of sp³-hybridized carbons (Fsp3) is 0.529. The molecule has 5 heteroatoms. The van der Waals surface area contributed by atoms with E-state index in [0.29, 0.717) is 12.3 Å². The Morgan fingerprint density at radius 2 is 2.00 bits per heavy atom. The lowest BCUT2D eigenvalue weighted by atomic mass is 10.1. The molecule has 0 saturated carbocycles. The monoisotopic (exact) mass is 317 g/mol. The van der Waals surface area contributed by atoms with E-state index in [0.717, 1.165) is 49.7 Å². The predicted octanol–water partition coefficient (Wildman–Crippen LogP) is 3.31. The first-order valence-electron chi connectivity index (χ1n) is 8.14. The number of hydrogen-bond donors (Lipinski definition) is 0. The average molecular weight is 317 g/mol. The Hall–Kier alpha value is -1.62. The molecule has 0 aliphatic carbocycles. The van der Waals surface area contributed by atoms with Gasteiger partial charge in [-0.05, 0) is 24.5 Å². The van der Waals surface area contributed by atoms with Crippen LogP contribution < -0.4 is 4.90 Å². The van der Waals surface area contributed by atoms with E-state index >= 15 is 0 Å². The topological polar surface area (TPSA) is 36.4 Å². The normalized spacial score (nSPS) is 15.5. The molecule has 0 unspecified atom stereocenters. The zero-order chi connectivity index (χ0) is 15.5. The second-order valence-electron chi connectivity index (χ2n) is 5.73. The maximum atomic E-state index is 12.0. The molecule has 3 rings (SSSR count). The van der Waals surface area contributed by atoms with Gasteiger partial charge in [0.2, 0.25) is 5.91 Å². The van der Waals surface area contributed by atoms with Crippen molar-refractivity contribution in [2.75, 3.05) is 31.1 Å². The van der Waals surface area contributed by atoms with Crippen LogP contribution in [0.3, 0.4) is 0 Å². The summed E-state index contributed by atoms with van der Waals surface area (Å²) in [4.78, 5) is 21.1. The summed E-state index contributed by atoms with van der Waals surface area (Å²) in [6.45, 7) is 7.63. The molecule has 0 radical (unpaired) electrons. The maximum Gasteiger partial charge on any atom is 0.222 e. The number of benzene rings is 1. The van der Waals surface area contributed by atoms with Crippen molar-refractivity contribution in [1.82, 2.24) is 9.88 Å². The van der Waals surface area contributed by atoms with Gasteiger partial charge in [-0.2, -0.15) is 0 Å². The van der Waals surface area contributed by atoms with Crippen molar-refractivity contribution in [3.8, 4) is 0 Å². The molecule has 2 aromatic rings. The molecule has 0 spiro atoms. The highest BCUT2D eigenvalue weighted by Crippen LogP contribution is 2.31. The van der Waals surface area contributed by atoms with E-state index in [2.05, 4.69) is 36.9 Å². The predicted molar refractivity (Wildman–Crippen MR) is 92.7 cm³/mol. The molecule has 4 nitrogen and oxygen atoms in total. The van der Waals surface area contributed by atoms with Crippen LogP contribution in [-0.2, 0) is 11.2 Å². The second-order valence-corrected chi connectivity index (χ2v) is 6.74. The van der Waals surface area contributed by atoms with Gasteiger partial charge in [-0.1, -0.05) is 37.3 Å². The van der Waals surface area contributed by atoms with Crippen LogP contribution >= 0.6 is 11.3 Å². The number of anilines is 1. The van der Waals surface area contributed by atoms with Crippen molar-refractivity contribution in [2.24, 2.45) is 0 Å². The number of amides is 1. The summed E-state index contributed by atoms with van der Waals surface area (Å²) in [5.74, 6) is 0.291. The van der Waals surface area contributed by atoms with Crippen LogP contribution in [0.1, 0.15) is 32.3 Å². The number of fused-ring (bicyclic) bond motifs is 1. The van der Waals surface area contributed by atoms with Crippen LogP contribution in [0.25, 0.3) is 10.2 Å². The number of piperazine rings is 1. The zero-order valence-corrected chi connectivity index (χ0v) is 14.2. The van der Waals surface area contributed by atoms with E-state index < -0.39 is 0 Å². The SMILES string of the molecule is CCCC(=O)N1CCN(c2nc3c(CC)cccc3s2)CC1. The van der Waals surface area contributed by atoms with Gasteiger partial charge in [0.05, 0.1) is 10.2 Å². The molecule has 0 bridgehead atoms. The Balaban J connectivity index is 1.72. The molecule has 0 atom stereocenters. The second kappa shape index (κ2) is 6.65. The van der Waals surface area contributed by atoms with Crippen LogP contribution in [0.2, 0.25) is 0 Å². The summed E-state index contributed by atoms with van der Waals surface area (Å²) in [5, 5.41) is 1.10. The summed E-state index contributed by atoms with van der Waals surface area (Å²) in [7, 11) is 0. The third-order valence-electron chi connectivity index (χ3n) is 4.24. The zero-order valence-electron chi connectivity index (χ0n) is 13.3. The molecule has 2 heterocycles. The molecule has 0 N–H and O–H groups in total. The molecule has 1 amide bonds. The van der Waals surface area contributed by atoms with Gasteiger partial charge >= 0.3 is 0 Å². The molecule has 1 aliphatic heterocycles. The summed E-state index contributed by atoms with van der Waals surface area (Å²) in [6.07, 6.45) is 2.61. The molecule has 22 heavy (non-hydrogen) atoms. The number of carbonyl (C=O) groups excluding carboxylic acids is 1. The van der Waals surface area contributed by atoms with Crippen molar-refractivity contribution < 1.29 is 4.79 Å². The number of rotatable bonds is 4. The number of hydrogen-bond acceptors (Lipinski definition) is 4. The van der Waals surface area contributed by atoms with Crippen molar-refractivity contribution in [3.05, 3.63) is 23.8 Å². The van der Waals surface area contributed by atoms with Gasteiger partial charge in [0.1, 0.15) is 0 Å². The molecule has 1 fully saturated rings. The highest BCUT2D eigenvalue weighted by molar-refractivity contribution is 7.22. The largest absolute Gasteiger partial charge is 0.345 e. The maximum absolute atomic E-state index is 12.0. The van der Waals surface area contributed by atoms with Crippen molar-refractivity contribution in [2.45, 2.75) is 33.1 Å². The summed E-state index contributed by atoms with van der Waals surface area (Å²) in [6, 6.07) is 6.42. The van der Waals surface area contributed by atoms with E-state index in [4.69, 9.17) is 4.98 Å². The minimum absolute atomic E-state index is 0.291. The van der Waals surface area contributed by atoms with Crippen LogP contribution in [0, 0.1) is 0 Å². The van der Waals surface area contributed by atoms with E-state index in [-0.39, 0.29) is 0 Å². The van der Waals surface area contributed by atoms with E-state index in [1.54, 1.807) is 11.3 Å². The van der Waals surface area contributed by atoms with Crippen molar-refractivity contribution in [1.29, 1.82) is 0 Å². The average Bonchev–Trinajstić information content (AvgIpc) is 2.99. The quantitative estimate of drug-likeness (QED) is 0.868. The molecule has 1 aromatic heterocycles. The Morgan fingerprint density at radius 1 is 1.23 bits per heavy atom. The first kappa shape index (κ1) is 15.3. The molecule has 1 aliphatic rings. The van der Waals surface area contributed by atoms with E-state index in [1.807, 2.05) is 4.90 Å². The first-order valence-corrected chi connectivity index (χ1v) is 8.95. The fourth-order valence-electron chi connectivity index (χ4n) is 2.93. The van der Waals surface area contributed by atoms with E-state index in [1.165, 1.54) is 10.3 Å². The van der Waals surface area contributed by atoms with Gasteiger partial charge in [0, 0.05) is 32.6 Å². The lowest BCUT2D eigenvalue weighted by Gasteiger charge is -2.34. The lowest BCUT2D eigenvalue weighted by Crippen LogP contribution is -2.48. The third-order valence-corrected chi connectivity index (χ3v) is 5.32. The Morgan fingerprint density at radius 3 is 2.68 bits per heavy atom. The molecule has 1 aromatic carbocycles. The Bertz CT molecular complexity index is 659. The third kappa shape index (κ3) is 2.95. The Labute approximate surface area is 135 Å². The van der Waals surface area contributed by atoms with E-state index in [9.17, 15) is 4.79 Å². The number of para-hydroxylation sites is 1. The highest BCUT2D eigenvalue weighted by Gasteiger charge is 2.22. The minimum atomic E-state index is 0.291. The Kier molecular flexibility index (Phi) is 4.62. The van der Waals surface area contributed by atoms with Crippen LogP contribution in [0.5, 0.6) is 0 Å². The molecule has 1 saturated heterocycles. The number of aryl methyl sites for hydroxylation is 1. The van der Waals surface area contributed by atoms with Gasteiger partial charge in [-0.3, -0.25) is 4.79 Å². The van der Waals surface area contributed by atoms with Gasteiger partial charge in [0.15, 0.2) is 5.13 Å². The van der Waals surface area contributed by atoms with Crippen LogP contribution in [0.15, 0.2) is 18.2 Å². The van der Waals surface area contributed by atoms with Gasteiger partial charge in [-0.15, -0.1) is 0 Å². The molecule has 118 valence electrons. The van der Waals surface area contributed by atoms with Gasteiger partial charge < -0.3 is 9.80 Å². The first-order chi connectivity index (χ1) is 10.7. The summed E-state index contributed by atoms with van der Waals surface area (Å²) in [5.41, 5.74) is 2.46. The molecular formula is C17H23N3OS. The molecular weight excluding hydrogens is 294 g/mol. The highest BCUT2D eigenvalue weighted by atomic mass is 32.1. The smallest absolute Gasteiger partial charge is 0.222 e. The van der Waals surface area contributed by atoms with Crippen LogP contribution in [-0.4, -0.2) is 42.0 Å². The summed E-state index contributed by atoms with van der Waals surface area (Å²) < 4.78 is 1.26. The number of aromatic nitrogens is 1. The van der Waals surface area contributed by atoms with Crippen LogP contribution in [0.4, 0.5) is 5.13 Å². The summed E-state index contributed by atoms with van der Waals surface area (Å²) >= 11 is 1.76. The standard InChI is InChI=1S/C17H23N3OS/c1-3-6-15(21)19-9-11-20(12-10-19)17-18-16-13(4-2)7-5-8-14(16)22-17/h5,7-8H,3-4,6,9-12H2,1-2H3. The van der Waals surface area contributed by atoms with Gasteiger partial charge in [0.25, 0.3) is 0 Å². The van der Waals surface area contributed by atoms with Gasteiger partial charge in [-0.25, -0.2) is 4.98 Å². The number of nitrogens with zero attached hydrogens (tertiary/aromatic N) is 3. The number of carbonyl (C=O) groups is 1. The lowest BCUT2D eigenvalue weighted by molar-refractivity contribution is -0.131. The fourth-order valence-corrected chi connectivity index (χ4v) is 4.00. The minimum Gasteiger partial charge on any atom is -0.345 e. The van der Waals surface area contributed by atoms with Crippen molar-refractivity contribution in [3.63, 3.8) is 0 Å². The van der Waals surface area contributed by atoms with Crippen molar-refractivity contribution >= 4 is 32.6 Å².